The van der Waals surface area contributed by atoms with E-state index in [9.17, 15) is 4.79 Å². The standard InChI is InChI=1S/C10H16O2S/c11-10-7-13-6-8(10)5-9-3-1-2-4-12-9/h8-9H,1-7H2. The van der Waals surface area contributed by atoms with E-state index >= 15 is 0 Å². The highest BCUT2D eigenvalue weighted by molar-refractivity contribution is 8.00. The van der Waals surface area contributed by atoms with Crippen LogP contribution in [0.4, 0.5) is 0 Å². The van der Waals surface area contributed by atoms with Crippen molar-refractivity contribution < 1.29 is 9.53 Å². The van der Waals surface area contributed by atoms with Crippen molar-refractivity contribution in [1.82, 2.24) is 0 Å². The number of ketones is 1. The van der Waals surface area contributed by atoms with E-state index in [2.05, 4.69) is 0 Å². The van der Waals surface area contributed by atoms with Crippen LogP contribution in [0.25, 0.3) is 0 Å². The molecule has 2 heterocycles. The van der Waals surface area contributed by atoms with E-state index in [1.807, 2.05) is 0 Å². The number of thioether (sulfide) groups is 1. The number of carbonyl (C=O) groups is 1. The van der Waals surface area contributed by atoms with Gasteiger partial charge in [-0.2, -0.15) is 11.8 Å². The second-order valence-electron chi connectivity index (χ2n) is 3.90. The van der Waals surface area contributed by atoms with Gasteiger partial charge in [0.1, 0.15) is 5.78 Å². The van der Waals surface area contributed by atoms with Gasteiger partial charge in [0.2, 0.25) is 0 Å². The molecule has 0 bridgehead atoms. The molecule has 0 aliphatic carbocycles. The highest BCUT2D eigenvalue weighted by Crippen LogP contribution is 2.27. The molecule has 2 unspecified atom stereocenters. The van der Waals surface area contributed by atoms with Gasteiger partial charge in [-0.15, -0.1) is 0 Å². The van der Waals surface area contributed by atoms with Crippen LogP contribution in [0.2, 0.25) is 0 Å². The molecule has 2 nitrogen and oxygen atoms in total. The smallest absolute Gasteiger partial charge is 0.146 e. The van der Waals surface area contributed by atoms with Crippen LogP contribution in [-0.4, -0.2) is 30.0 Å². The molecule has 2 aliphatic rings. The molecule has 3 heteroatoms. The number of ether oxygens (including phenoxy) is 1. The summed E-state index contributed by atoms with van der Waals surface area (Å²) in [7, 11) is 0. The van der Waals surface area contributed by atoms with E-state index < -0.39 is 0 Å². The van der Waals surface area contributed by atoms with Gasteiger partial charge in [-0.05, 0) is 25.7 Å². The van der Waals surface area contributed by atoms with Crippen LogP contribution < -0.4 is 0 Å². The Morgan fingerprint density at radius 2 is 2.38 bits per heavy atom. The Morgan fingerprint density at radius 1 is 1.46 bits per heavy atom. The van der Waals surface area contributed by atoms with Crippen LogP contribution in [0.3, 0.4) is 0 Å². The molecule has 0 aromatic rings. The summed E-state index contributed by atoms with van der Waals surface area (Å²) in [6.07, 6.45) is 4.99. The number of hydrogen-bond donors (Lipinski definition) is 0. The summed E-state index contributed by atoms with van der Waals surface area (Å²) < 4.78 is 5.63. The van der Waals surface area contributed by atoms with E-state index in [4.69, 9.17) is 4.74 Å². The minimum Gasteiger partial charge on any atom is -0.378 e. The number of Topliss-reactive ketones (excluding diaryl/α,β-unsaturated/α-hetero) is 1. The zero-order chi connectivity index (χ0) is 9.10. The second-order valence-corrected chi connectivity index (χ2v) is 4.93. The molecule has 2 saturated heterocycles. The minimum absolute atomic E-state index is 0.299. The van der Waals surface area contributed by atoms with Crippen LogP contribution in [0, 0.1) is 5.92 Å². The third-order valence-electron chi connectivity index (χ3n) is 2.84. The summed E-state index contributed by atoms with van der Waals surface area (Å²) in [5.41, 5.74) is 0. The predicted octanol–water partition coefficient (Wildman–Crippen LogP) is 1.88. The number of hydrogen-bond acceptors (Lipinski definition) is 3. The predicted molar refractivity (Wildman–Crippen MR) is 54.0 cm³/mol. The van der Waals surface area contributed by atoms with Gasteiger partial charge in [0.15, 0.2) is 0 Å². The molecule has 0 aromatic heterocycles. The van der Waals surface area contributed by atoms with Crippen molar-refractivity contribution in [2.75, 3.05) is 18.1 Å². The first-order valence-electron chi connectivity index (χ1n) is 5.08. The second kappa shape index (κ2) is 4.47. The molecule has 0 spiro atoms. The Labute approximate surface area is 83.4 Å². The van der Waals surface area contributed by atoms with Crippen molar-refractivity contribution in [2.24, 2.45) is 5.92 Å². The van der Waals surface area contributed by atoms with E-state index in [-0.39, 0.29) is 0 Å². The Hall–Kier alpha value is -0.0200. The molecule has 0 saturated carbocycles. The first-order valence-corrected chi connectivity index (χ1v) is 6.24. The molecule has 13 heavy (non-hydrogen) atoms. The van der Waals surface area contributed by atoms with Gasteiger partial charge in [-0.3, -0.25) is 4.79 Å². The average molecular weight is 200 g/mol. The molecule has 0 amide bonds. The van der Waals surface area contributed by atoms with Crippen molar-refractivity contribution in [3.8, 4) is 0 Å². The molecule has 0 aromatic carbocycles. The first-order chi connectivity index (χ1) is 6.36. The number of carbonyl (C=O) groups excluding carboxylic acids is 1. The molecular formula is C10H16O2S. The molecular weight excluding hydrogens is 184 g/mol. The van der Waals surface area contributed by atoms with Gasteiger partial charge in [0.05, 0.1) is 11.9 Å². The Kier molecular flexibility index (Phi) is 3.28. The lowest BCUT2D eigenvalue weighted by Crippen LogP contribution is -2.25. The van der Waals surface area contributed by atoms with E-state index in [1.54, 1.807) is 11.8 Å². The zero-order valence-electron chi connectivity index (χ0n) is 7.83. The summed E-state index contributed by atoms with van der Waals surface area (Å²) in [6.45, 7) is 0.902. The molecule has 2 atom stereocenters. The Morgan fingerprint density at radius 3 is 3.00 bits per heavy atom. The van der Waals surface area contributed by atoms with E-state index in [0.29, 0.717) is 17.8 Å². The SMILES string of the molecule is O=C1CSCC1CC1CCCCO1. The third kappa shape index (κ3) is 2.47. The molecule has 74 valence electrons. The lowest BCUT2D eigenvalue weighted by atomic mass is 9.96. The fourth-order valence-electron chi connectivity index (χ4n) is 2.02. The van der Waals surface area contributed by atoms with Gasteiger partial charge in [-0.1, -0.05) is 0 Å². The summed E-state index contributed by atoms with van der Waals surface area (Å²) in [5, 5.41) is 0. The van der Waals surface area contributed by atoms with Crippen molar-refractivity contribution in [1.29, 1.82) is 0 Å². The van der Waals surface area contributed by atoms with E-state index in [1.165, 1.54) is 12.8 Å². The average Bonchev–Trinajstić information content (AvgIpc) is 2.54. The summed E-state index contributed by atoms with van der Waals surface area (Å²) in [6, 6.07) is 0. The van der Waals surface area contributed by atoms with Gasteiger partial charge in [0, 0.05) is 18.3 Å². The highest BCUT2D eigenvalue weighted by atomic mass is 32.2. The van der Waals surface area contributed by atoms with Gasteiger partial charge in [-0.25, -0.2) is 0 Å². The van der Waals surface area contributed by atoms with Crippen molar-refractivity contribution in [3.63, 3.8) is 0 Å². The van der Waals surface area contributed by atoms with Crippen LogP contribution in [0.5, 0.6) is 0 Å². The van der Waals surface area contributed by atoms with Crippen LogP contribution >= 0.6 is 11.8 Å². The first kappa shape index (κ1) is 9.53. The topological polar surface area (TPSA) is 26.3 Å². The Bertz CT molecular complexity index is 187. The van der Waals surface area contributed by atoms with Crippen molar-refractivity contribution >= 4 is 17.5 Å². The molecule has 2 aliphatic heterocycles. The van der Waals surface area contributed by atoms with Gasteiger partial charge >= 0.3 is 0 Å². The summed E-state index contributed by atoms with van der Waals surface area (Å²) in [5.74, 6) is 2.50. The fraction of sp³-hybridized carbons (Fsp3) is 0.900. The van der Waals surface area contributed by atoms with Crippen LogP contribution in [0.1, 0.15) is 25.7 Å². The molecule has 2 rings (SSSR count). The fourth-order valence-corrected chi connectivity index (χ4v) is 3.18. The minimum atomic E-state index is 0.299. The third-order valence-corrected chi connectivity index (χ3v) is 3.97. The maximum atomic E-state index is 11.4. The summed E-state index contributed by atoms with van der Waals surface area (Å²) >= 11 is 1.77. The van der Waals surface area contributed by atoms with Crippen LogP contribution in [0.15, 0.2) is 0 Å². The van der Waals surface area contributed by atoms with Crippen LogP contribution in [-0.2, 0) is 9.53 Å². The van der Waals surface area contributed by atoms with Crippen molar-refractivity contribution in [3.05, 3.63) is 0 Å². The van der Waals surface area contributed by atoms with Gasteiger partial charge < -0.3 is 4.74 Å². The maximum Gasteiger partial charge on any atom is 0.146 e. The molecule has 0 N–H and O–H groups in total. The summed E-state index contributed by atoms with van der Waals surface area (Å²) in [4.78, 5) is 11.4. The Balaban J connectivity index is 1.79. The molecule has 0 radical (unpaired) electrons. The molecule has 2 fully saturated rings. The lowest BCUT2D eigenvalue weighted by molar-refractivity contribution is -0.120. The largest absolute Gasteiger partial charge is 0.378 e. The monoisotopic (exact) mass is 200 g/mol. The lowest BCUT2D eigenvalue weighted by Gasteiger charge is -2.24. The quantitative estimate of drug-likeness (QED) is 0.681. The zero-order valence-corrected chi connectivity index (χ0v) is 8.65. The van der Waals surface area contributed by atoms with Crippen molar-refractivity contribution in [2.45, 2.75) is 31.8 Å². The van der Waals surface area contributed by atoms with E-state index in [0.717, 1.165) is 31.0 Å². The normalized spacial score (nSPS) is 35.2. The van der Waals surface area contributed by atoms with Gasteiger partial charge in [0.25, 0.3) is 0 Å². The highest BCUT2D eigenvalue weighted by Gasteiger charge is 2.28. The number of rotatable bonds is 2. The maximum absolute atomic E-state index is 11.4.